The normalized spacial score (nSPS) is 13.1. The molecule has 112 valence electrons. The first-order chi connectivity index (χ1) is 10.7. The number of benzene rings is 1. The van der Waals surface area contributed by atoms with Gasteiger partial charge in [0.1, 0.15) is 12.1 Å². The van der Waals surface area contributed by atoms with Gasteiger partial charge in [0.15, 0.2) is 0 Å². The Labute approximate surface area is 129 Å². The van der Waals surface area contributed by atoms with Gasteiger partial charge in [-0.05, 0) is 37.0 Å². The Morgan fingerprint density at radius 3 is 2.41 bits per heavy atom. The van der Waals surface area contributed by atoms with E-state index in [1.807, 2.05) is 29.2 Å². The van der Waals surface area contributed by atoms with Gasteiger partial charge in [-0.15, -0.1) is 0 Å². The Hall–Kier alpha value is -2.86. The lowest BCUT2D eigenvalue weighted by molar-refractivity contribution is -0.130. The van der Waals surface area contributed by atoms with Crippen LogP contribution in [0.25, 0.3) is 0 Å². The van der Waals surface area contributed by atoms with Crippen LogP contribution in [0.5, 0.6) is 0 Å². The molecule has 1 aliphatic heterocycles. The van der Waals surface area contributed by atoms with Crippen LogP contribution in [-0.4, -0.2) is 29.6 Å². The summed E-state index contributed by atoms with van der Waals surface area (Å²) in [5.41, 5.74) is 4.19. The summed E-state index contributed by atoms with van der Waals surface area (Å²) in [5, 5.41) is 20.8. The van der Waals surface area contributed by atoms with Gasteiger partial charge in [-0.25, -0.2) is 0 Å². The standard InChI is InChI=1S/C16H17N5O/c17-11-15(12-18)20-19-14-6-3-13(4-7-14)5-8-16(22)21-9-1-2-10-21/h3-4,6-7,19H,1-2,5,8-10H2. The summed E-state index contributed by atoms with van der Waals surface area (Å²) in [6.07, 6.45) is 3.46. The Bertz CT molecular complexity index is 614. The summed E-state index contributed by atoms with van der Waals surface area (Å²) in [4.78, 5) is 13.9. The van der Waals surface area contributed by atoms with Crippen LogP contribution in [0.4, 0.5) is 5.69 Å². The molecule has 22 heavy (non-hydrogen) atoms. The third-order valence-electron chi connectivity index (χ3n) is 3.55. The molecule has 1 aromatic rings. The van der Waals surface area contributed by atoms with Gasteiger partial charge in [0.25, 0.3) is 0 Å². The smallest absolute Gasteiger partial charge is 0.237 e. The van der Waals surface area contributed by atoms with Gasteiger partial charge >= 0.3 is 0 Å². The minimum atomic E-state index is -0.222. The minimum absolute atomic E-state index is 0.219. The van der Waals surface area contributed by atoms with Crippen molar-refractivity contribution in [1.82, 2.24) is 4.90 Å². The fourth-order valence-corrected chi connectivity index (χ4v) is 2.32. The Morgan fingerprint density at radius 1 is 1.18 bits per heavy atom. The number of carbonyl (C=O) groups is 1. The molecule has 1 aromatic carbocycles. The summed E-state index contributed by atoms with van der Waals surface area (Å²) in [7, 11) is 0. The van der Waals surface area contributed by atoms with Crippen LogP contribution in [0.3, 0.4) is 0 Å². The molecule has 0 aliphatic carbocycles. The van der Waals surface area contributed by atoms with E-state index < -0.39 is 0 Å². The van der Waals surface area contributed by atoms with E-state index in [4.69, 9.17) is 10.5 Å². The molecule has 1 aliphatic rings. The van der Waals surface area contributed by atoms with Crippen molar-refractivity contribution >= 4 is 17.3 Å². The van der Waals surface area contributed by atoms with Gasteiger partial charge < -0.3 is 4.90 Å². The number of aryl methyl sites for hydroxylation is 1. The molecule has 1 amide bonds. The summed E-state index contributed by atoms with van der Waals surface area (Å²) in [5.74, 6) is 0.219. The van der Waals surface area contributed by atoms with Crippen LogP contribution < -0.4 is 5.43 Å². The quantitative estimate of drug-likeness (QED) is 0.664. The first-order valence-electron chi connectivity index (χ1n) is 7.23. The number of rotatable bonds is 5. The van der Waals surface area contributed by atoms with E-state index in [1.165, 1.54) is 0 Å². The van der Waals surface area contributed by atoms with Crippen molar-refractivity contribution in [3.05, 3.63) is 29.8 Å². The second-order valence-corrected chi connectivity index (χ2v) is 5.08. The van der Waals surface area contributed by atoms with E-state index >= 15 is 0 Å². The average Bonchev–Trinajstić information content (AvgIpc) is 3.09. The van der Waals surface area contributed by atoms with Crippen molar-refractivity contribution in [2.75, 3.05) is 18.5 Å². The molecular formula is C16H17N5O. The maximum atomic E-state index is 12.0. The maximum Gasteiger partial charge on any atom is 0.237 e. The lowest BCUT2D eigenvalue weighted by atomic mass is 10.1. The van der Waals surface area contributed by atoms with E-state index in [2.05, 4.69) is 10.5 Å². The van der Waals surface area contributed by atoms with Gasteiger partial charge in [0, 0.05) is 19.5 Å². The van der Waals surface area contributed by atoms with Crippen LogP contribution in [0.1, 0.15) is 24.8 Å². The zero-order chi connectivity index (χ0) is 15.8. The topological polar surface area (TPSA) is 92.3 Å². The predicted molar refractivity (Wildman–Crippen MR) is 82.9 cm³/mol. The fourth-order valence-electron chi connectivity index (χ4n) is 2.32. The molecule has 6 nitrogen and oxygen atoms in total. The number of nitrogens with zero attached hydrogens (tertiary/aromatic N) is 4. The second kappa shape index (κ2) is 7.80. The number of carbonyl (C=O) groups excluding carboxylic acids is 1. The summed E-state index contributed by atoms with van der Waals surface area (Å²) in [6, 6.07) is 10.8. The molecular weight excluding hydrogens is 278 g/mol. The number of nitriles is 2. The first-order valence-corrected chi connectivity index (χ1v) is 7.23. The average molecular weight is 295 g/mol. The van der Waals surface area contributed by atoms with Crippen molar-refractivity contribution in [3.63, 3.8) is 0 Å². The summed E-state index contributed by atoms with van der Waals surface area (Å²) in [6.45, 7) is 1.78. The van der Waals surface area contributed by atoms with E-state index in [1.54, 1.807) is 12.1 Å². The van der Waals surface area contributed by atoms with E-state index in [0.717, 1.165) is 31.5 Å². The number of hydrogen-bond acceptors (Lipinski definition) is 5. The number of anilines is 1. The highest BCUT2D eigenvalue weighted by Crippen LogP contribution is 2.14. The molecule has 0 unspecified atom stereocenters. The second-order valence-electron chi connectivity index (χ2n) is 5.08. The summed E-state index contributed by atoms with van der Waals surface area (Å²) >= 11 is 0. The van der Waals surface area contributed by atoms with Gasteiger partial charge in [0.2, 0.25) is 11.6 Å². The Morgan fingerprint density at radius 2 is 1.82 bits per heavy atom. The molecule has 0 radical (unpaired) electrons. The van der Waals surface area contributed by atoms with Crippen molar-refractivity contribution in [2.45, 2.75) is 25.7 Å². The van der Waals surface area contributed by atoms with Crippen molar-refractivity contribution in [3.8, 4) is 12.1 Å². The van der Waals surface area contributed by atoms with Crippen molar-refractivity contribution < 1.29 is 4.79 Å². The predicted octanol–water partition coefficient (Wildman–Crippen LogP) is 2.06. The molecule has 0 bridgehead atoms. The zero-order valence-electron chi connectivity index (χ0n) is 12.2. The third-order valence-corrected chi connectivity index (χ3v) is 3.55. The van der Waals surface area contributed by atoms with Crippen molar-refractivity contribution in [1.29, 1.82) is 10.5 Å². The molecule has 1 fully saturated rings. The molecule has 0 atom stereocenters. The van der Waals surface area contributed by atoms with Gasteiger partial charge in [-0.3, -0.25) is 10.2 Å². The number of nitrogens with one attached hydrogen (secondary N) is 1. The number of amides is 1. The van der Waals surface area contributed by atoms with Crippen LogP contribution in [-0.2, 0) is 11.2 Å². The highest BCUT2D eigenvalue weighted by molar-refractivity contribution is 6.10. The first kappa shape index (κ1) is 15.5. The van der Waals surface area contributed by atoms with E-state index in [-0.39, 0.29) is 11.6 Å². The highest BCUT2D eigenvalue weighted by Gasteiger charge is 2.17. The zero-order valence-corrected chi connectivity index (χ0v) is 12.2. The van der Waals surface area contributed by atoms with Crippen LogP contribution in [0.2, 0.25) is 0 Å². The molecule has 1 saturated heterocycles. The van der Waals surface area contributed by atoms with Crippen LogP contribution >= 0.6 is 0 Å². The molecule has 0 spiro atoms. The molecule has 1 N–H and O–H groups in total. The van der Waals surface area contributed by atoms with Crippen LogP contribution in [0.15, 0.2) is 29.4 Å². The van der Waals surface area contributed by atoms with Crippen LogP contribution in [0, 0.1) is 22.7 Å². The van der Waals surface area contributed by atoms with E-state index in [0.29, 0.717) is 18.5 Å². The largest absolute Gasteiger partial charge is 0.343 e. The lowest BCUT2D eigenvalue weighted by Crippen LogP contribution is -2.27. The Kier molecular flexibility index (Phi) is 5.50. The number of hydrazone groups is 1. The van der Waals surface area contributed by atoms with Gasteiger partial charge in [0.05, 0.1) is 5.69 Å². The molecule has 0 aromatic heterocycles. The SMILES string of the molecule is N#CC(C#N)=NNc1ccc(CCC(=O)N2CCCC2)cc1. The van der Waals surface area contributed by atoms with Gasteiger partial charge in [-0.2, -0.15) is 15.6 Å². The summed E-state index contributed by atoms with van der Waals surface area (Å²) < 4.78 is 0. The number of hydrogen-bond donors (Lipinski definition) is 1. The van der Waals surface area contributed by atoms with Gasteiger partial charge in [-0.1, -0.05) is 12.1 Å². The highest BCUT2D eigenvalue weighted by atomic mass is 16.2. The fraction of sp³-hybridized carbons (Fsp3) is 0.375. The third kappa shape index (κ3) is 4.32. The number of likely N-dealkylation sites (tertiary alicyclic amines) is 1. The van der Waals surface area contributed by atoms with Crippen molar-refractivity contribution in [2.24, 2.45) is 5.10 Å². The molecule has 6 heteroatoms. The van der Waals surface area contributed by atoms with E-state index in [9.17, 15) is 4.79 Å². The lowest BCUT2D eigenvalue weighted by Gasteiger charge is -2.14. The monoisotopic (exact) mass is 295 g/mol. The maximum absolute atomic E-state index is 12.0. The minimum Gasteiger partial charge on any atom is -0.343 e. The Balaban J connectivity index is 1.84. The molecule has 2 rings (SSSR count). The molecule has 1 heterocycles. The molecule has 0 saturated carbocycles.